The van der Waals surface area contributed by atoms with E-state index in [1.165, 1.54) is 5.56 Å². The van der Waals surface area contributed by atoms with E-state index < -0.39 is 8.80 Å². The molecule has 0 heterocycles. The average Bonchev–Trinajstić information content (AvgIpc) is 2.42. The highest BCUT2D eigenvalue weighted by Gasteiger charge is 2.44. The van der Waals surface area contributed by atoms with Gasteiger partial charge in [0, 0.05) is 21.3 Å². The van der Waals surface area contributed by atoms with Crippen LogP contribution in [0.2, 0.25) is 0 Å². The van der Waals surface area contributed by atoms with E-state index in [2.05, 4.69) is 19.1 Å². The molecular formula is C13H25NO3Si. The first-order chi connectivity index (χ1) is 8.56. The van der Waals surface area contributed by atoms with Gasteiger partial charge in [0.15, 0.2) is 0 Å². The summed E-state index contributed by atoms with van der Waals surface area (Å²) < 4.78 is 15.5. The van der Waals surface area contributed by atoms with Crippen LogP contribution in [0.4, 0.5) is 0 Å². The van der Waals surface area contributed by atoms with E-state index in [0.29, 0.717) is 0 Å². The Morgan fingerprint density at radius 2 is 1.50 bits per heavy atom. The molecule has 5 heteroatoms. The van der Waals surface area contributed by atoms with E-state index in [1.54, 1.807) is 21.3 Å². The fourth-order valence-corrected chi connectivity index (χ4v) is 3.40. The molecule has 0 saturated carbocycles. The van der Waals surface area contributed by atoms with E-state index in [0.717, 1.165) is 6.42 Å². The lowest BCUT2D eigenvalue weighted by Gasteiger charge is -2.28. The van der Waals surface area contributed by atoms with Gasteiger partial charge in [0.25, 0.3) is 0 Å². The molecule has 0 spiro atoms. The molecule has 4 nitrogen and oxygen atoms in total. The predicted molar refractivity (Wildman–Crippen MR) is 76.2 cm³/mol. The third kappa shape index (κ3) is 5.28. The summed E-state index contributed by atoms with van der Waals surface area (Å²) in [7, 11) is 2.15. The van der Waals surface area contributed by atoms with Crippen LogP contribution < -0.4 is 5.73 Å². The van der Waals surface area contributed by atoms with Gasteiger partial charge in [-0.25, -0.2) is 0 Å². The summed E-state index contributed by atoms with van der Waals surface area (Å²) in [6, 6.07) is 10.3. The standard InChI is InChI=1S/C7H8.C6H17NO3Si/c1-7-5-3-2-4-6-7;1-5-6(7)11(8-2,9-3)10-4/h2-6H,1H3;6H,5,7H2,1-4H3. The van der Waals surface area contributed by atoms with Crippen molar-refractivity contribution in [3.05, 3.63) is 35.9 Å². The van der Waals surface area contributed by atoms with Gasteiger partial charge in [-0.05, 0) is 13.3 Å². The van der Waals surface area contributed by atoms with E-state index in [1.807, 2.05) is 25.1 Å². The minimum absolute atomic E-state index is 0.137. The van der Waals surface area contributed by atoms with Gasteiger partial charge in [-0.1, -0.05) is 42.8 Å². The van der Waals surface area contributed by atoms with Crippen LogP contribution in [0.25, 0.3) is 0 Å². The maximum absolute atomic E-state index is 5.77. The van der Waals surface area contributed by atoms with Gasteiger partial charge >= 0.3 is 8.80 Å². The zero-order chi connectivity index (χ0) is 14.0. The van der Waals surface area contributed by atoms with E-state index in [9.17, 15) is 0 Å². The summed E-state index contributed by atoms with van der Waals surface area (Å²) in [6.07, 6.45) is 0.793. The molecule has 0 bridgehead atoms. The zero-order valence-electron chi connectivity index (χ0n) is 12.0. The van der Waals surface area contributed by atoms with Gasteiger partial charge in [-0.15, -0.1) is 0 Å². The summed E-state index contributed by atoms with van der Waals surface area (Å²) >= 11 is 0. The van der Waals surface area contributed by atoms with Crippen molar-refractivity contribution in [2.45, 2.75) is 25.9 Å². The Morgan fingerprint density at radius 3 is 1.67 bits per heavy atom. The van der Waals surface area contributed by atoms with Crippen molar-refractivity contribution in [3.63, 3.8) is 0 Å². The highest BCUT2D eigenvalue weighted by atomic mass is 28.4. The molecule has 0 fully saturated rings. The molecule has 104 valence electrons. The molecular weight excluding hydrogens is 246 g/mol. The first-order valence-corrected chi connectivity index (χ1v) is 7.79. The molecule has 18 heavy (non-hydrogen) atoms. The monoisotopic (exact) mass is 271 g/mol. The smallest absolute Gasteiger partial charge is 0.376 e. The van der Waals surface area contributed by atoms with Gasteiger partial charge in [0.05, 0.1) is 5.67 Å². The van der Waals surface area contributed by atoms with Crippen LogP contribution in [0.15, 0.2) is 30.3 Å². The minimum Gasteiger partial charge on any atom is -0.376 e. The molecule has 1 rings (SSSR count). The molecule has 1 atom stereocenters. The third-order valence-corrected chi connectivity index (χ3v) is 5.71. The summed E-state index contributed by atoms with van der Waals surface area (Å²) in [5.41, 5.74) is 6.96. The van der Waals surface area contributed by atoms with Crippen LogP contribution in [-0.4, -0.2) is 35.8 Å². The zero-order valence-corrected chi connectivity index (χ0v) is 13.0. The quantitative estimate of drug-likeness (QED) is 0.834. The highest BCUT2D eigenvalue weighted by Crippen LogP contribution is 2.11. The second-order valence-electron chi connectivity index (χ2n) is 3.89. The lowest BCUT2D eigenvalue weighted by atomic mass is 10.2. The molecule has 0 aliphatic carbocycles. The Labute approximate surface area is 111 Å². The highest BCUT2D eigenvalue weighted by molar-refractivity contribution is 6.62. The van der Waals surface area contributed by atoms with E-state index >= 15 is 0 Å². The first kappa shape index (κ1) is 17.3. The number of hydrogen-bond acceptors (Lipinski definition) is 4. The first-order valence-electron chi connectivity index (χ1n) is 5.99. The Balaban J connectivity index is 0.000000351. The molecule has 0 aliphatic heterocycles. The summed E-state index contributed by atoms with van der Waals surface area (Å²) in [5, 5.41) is 0. The molecule has 1 unspecified atom stereocenters. The van der Waals surface area contributed by atoms with Gasteiger partial charge < -0.3 is 19.0 Å². The fraction of sp³-hybridized carbons (Fsp3) is 0.538. The minimum atomic E-state index is -2.54. The summed E-state index contributed by atoms with van der Waals surface area (Å²) in [5.74, 6) is 0. The van der Waals surface area contributed by atoms with E-state index in [-0.39, 0.29) is 5.67 Å². The predicted octanol–water partition coefficient (Wildman–Crippen LogP) is 2.14. The Morgan fingerprint density at radius 1 is 1.06 bits per heavy atom. The number of rotatable bonds is 5. The molecule has 0 aliphatic rings. The molecule has 0 aromatic heterocycles. The average molecular weight is 271 g/mol. The topological polar surface area (TPSA) is 53.7 Å². The normalized spacial score (nSPS) is 12.6. The van der Waals surface area contributed by atoms with Crippen molar-refractivity contribution in [3.8, 4) is 0 Å². The van der Waals surface area contributed by atoms with Crippen LogP contribution in [0, 0.1) is 6.92 Å². The number of aryl methyl sites for hydroxylation is 1. The molecule has 0 amide bonds. The van der Waals surface area contributed by atoms with Crippen molar-refractivity contribution in [1.82, 2.24) is 0 Å². The molecule has 1 aromatic rings. The van der Waals surface area contributed by atoms with Gasteiger partial charge in [-0.3, -0.25) is 0 Å². The van der Waals surface area contributed by atoms with Crippen molar-refractivity contribution in [2.24, 2.45) is 5.73 Å². The van der Waals surface area contributed by atoms with Crippen LogP contribution in [0.5, 0.6) is 0 Å². The second-order valence-corrected chi connectivity index (χ2v) is 7.06. The van der Waals surface area contributed by atoms with Crippen molar-refractivity contribution >= 4 is 8.80 Å². The summed E-state index contributed by atoms with van der Waals surface area (Å²) in [4.78, 5) is 0. The largest absolute Gasteiger partial charge is 0.517 e. The fourth-order valence-electron chi connectivity index (χ4n) is 1.49. The van der Waals surface area contributed by atoms with Gasteiger partial charge in [-0.2, -0.15) is 0 Å². The van der Waals surface area contributed by atoms with Crippen molar-refractivity contribution < 1.29 is 13.3 Å². The number of nitrogens with two attached hydrogens (primary N) is 1. The number of hydrogen-bond donors (Lipinski definition) is 1. The van der Waals surface area contributed by atoms with Crippen molar-refractivity contribution in [1.29, 1.82) is 0 Å². The van der Waals surface area contributed by atoms with Gasteiger partial charge in [0.2, 0.25) is 0 Å². The Bertz CT molecular complexity index is 296. The Kier molecular flexibility index (Phi) is 8.87. The van der Waals surface area contributed by atoms with Crippen LogP contribution >= 0.6 is 0 Å². The summed E-state index contributed by atoms with van der Waals surface area (Å²) in [6.45, 7) is 4.06. The van der Waals surface area contributed by atoms with Gasteiger partial charge in [0.1, 0.15) is 0 Å². The second kappa shape index (κ2) is 9.24. The van der Waals surface area contributed by atoms with Crippen LogP contribution in [0.3, 0.4) is 0 Å². The molecule has 1 aromatic carbocycles. The number of benzene rings is 1. The van der Waals surface area contributed by atoms with E-state index in [4.69, 9.17) is 19.0 Å². The maximum Gasteiger partial charge on any atom is 0.517 e. The van der Waals surface area contributed by atoms with Crippen LogP contribution in [0.1, 0.15) is 18.9 Å². The van der Waals surface area contributed by atoms with Crippen molar-refractivity contribution in [2.75, 3.05) is 21.3 Å². The third-order valence-electron chi connectivity index (χ3n) is 2.69. The van der Waals surface area contributed by atoms with Crippen LogP contribution in [-0.2, 0) is 13.3 Å². The lowest BCUT2D eigenvalue weighted by Crippen LogP contribution is -2.58. The molecule has 0 saturated heterocycles. The molecule has 0 radical (unpaired) electrons. The SMILES string of the molecule is CCC(N)[Si](OC)(OC)OC.Cc1ccccc1. The Hall–Kier alpha value is -0.723. The maximum atomic E-state index is 5.77. The molecule has 2 N–H and O–H groups in total. The lowest BCUT2D eigenvalue weighted by molar-refractivity contribution is 0.112.